The Hall–Kier alpha value is -1.55. The third-order valence-electron chi connectivity index (χ3n) is 3.89. The lowest BCUT2D eigenvalue weighted by Gasteiger charge is -2.38. The number of rotatable bonds is 4. The summed E-state index contributed by atoms with van der Waals surface area (Å²) >= 11 is 0. The molecule has 1 aromatic rings. The van der Waals surface area contributed by atoms with Crippen LogP contribution in [-0.4, -0.2) is 23.8 Å². The van der Waals surface area contributed by atoms with Crippen LogP contribution in [0.4, 0.5) is 4.79 Å². The first-order valence-electron chi connectivity index (χ1n) is 8.05. The molecule has 0 bridgehead atoms. The van der Waals surface area contributed by atoms with Crippen LogP contribution in [0.5, 0.6) is 0 Å². The average molecular weight is 304 g/mol. The molecule has 22 heavy (non-hydrogen) atoms. The molecule has 2 N–H and O–H groups in total. The van der Waals surface area contributed by atoms with Gasteiger partial charge in [0.2, 0.25) is 0 Å². The summed E-state index contributed by atoms with van der Waals surface area (Å²) in [5, 5.41) is 6.54. The van der Waals surface area contributed by atoms with E-state index in [2.05, 4.69) is 48.7 Å². The highest BCUT2D eigenvalue weighted by atomic mass is 16.6. The summed E-state index contributed by atoms with van der Waals surface area (Å²) in [7, 11) is 0. The van der Waals surface area contributed by atoms with E-state index in [1.807, 2.05) is 20.8 Å². The molecule has 1 aromatic carbocycles. The molecular formula is C18H28N2O2. The minimum absolute atomic E-state index is 0.219. The molecule has 1 atom stereocenters. The molecule has 0 unspecified atom stereocenters. The summed E-state index contributed by atoms with van der Waals surface area (Å²) in [6, 6.07) is 9.57. The Bertz CT molecular complexity index is 516. The number of aryl methyl sites for hydroxylation is 1. The number of benzene rings is 1. The Labute approximate surface area is 133 Å². The second kappa shape index (κ2) is 6.69. The Morgan fingerprint density at radius 2 is 1.95 bits per heavy atom. The summed E-state index contributed by atoms with van der Waals surface area (Å²) in [6.07, 6.45) is 1.59. The van der Waals surface area contributed by atoms with Gasteiger partial charge in [-0.25, -0.2) is 4.79 Å². The smallest absolute Gasteiger partial charge is 0.407 e. The van der Waals surface area contributed by atoms with Crippen molar-refractivity contribution < 1.29 is 9.53 Å². The fourth-order valence-electron chi connectivity index (χ4n) is 2.74. The Kier molecular flexibility index (Phi) is 5.12. The maximum Gasteiger partial charge on any atom is 0.407 e. The number of hydrogen-bond acceptors (Lipinski definition) is 3. The summed E-state index contributed by atoms with van der Waals surface area (Å²) in [5.74, 6) is 0. The number of alkyl carbamates (subject to hydrolysis) is 1. The fraction of sp³-hybridized carbons (Fsp3) is 0.611. The van der Waals surface area contributed by atoms with E-state index in [4.69, 9.17) is 4.74 Å². The molecule has 2 rings (SSSR count). The van der Waals surface area contributed by atoms with Crippen LogP contribution in [0.25, 0.3) is 0 Å². The molecule has 0 saturated heterocycles. The predicted octanol–water partition coefficient (Wildman–Crippen LogP) is 3.70. The lowest BCUT2D eigenvalue weighted by atomic mass is 9.86. The first-order chi connectivity index (χ1) is 10.2. The van der Waals surface area contributed by atoms with E-state index in [0.29, 0.717) is 12.1 Å². The maximum absolute atomic E-state index is 11.7. The molecule has 0 spiro atoms. The number of ether oxygens (including phenoxy) is 1. The number of carbonyl (C=O) groups is 1. The molecule has 0 aliphatic heterocycles. The van der Waals surface area contributed by atoms with Crippen LogP contribution in [0, 0.1) is 6.92 Å². The highest BCUT2D eigenvalue weighted by Gasteiger charge is 2.32. The van der Waals surface area contributed by atoms with Crippen molar-refractivity contribution in [1.82, 2.24) is 10.6 Å². The number of amides is 1. The average Bonchev–Trinajstić information content (AvgIpc) is 2.33. The zero-order chi connectivity index (χ0) is 16.3. The SMILES string of the molecule is Cc1cccc([C@@H](C)NC2CC(NC(=O)OC(C)(C)C)C2)c1. The second-order valence-corrected chi connectivity index (χ2v) is 7.31. The highest BCUT2D eigenvalue weighted by Crippen LogP contribution is 2.24. The number of hydrogen-bond donors (Lipinski definition) is 2. The molecule has 1 aliphatic rings. The van der Waals surface area contributed by atoms with E-state index in [-0.39, 0.29) is 12.1 Å². The molecule has 1 saturated carbocycles. The van der Waals surface area contributed by atoms with Crippen molar-refractivity contribution in [3.63, 3.8) is 0 Å². The summed E-state index contributed by atoms with van der Waals surface area (Å²) in [6.45, 7) is 9.92. The van der Waals surface area contributed by atoms with Gasteiger partial charge in [0, 0.05) is 18.1 Å². The molecule has 4 nitrogen and oxygen atoms in total. The van der Waals surface area contributed by atoms with E-state index < -0.39 is 5.60 Å². The van der Waals surface area contributed by atoms with Crippen molar-refractivity contribution in [2.75, 3.05) is 0 Å². The predicted molar refractivity (Wildman–Crippen MR) is 88.9 cm³/mol. The van der Waals surface area contributed by atoms with Gasteiger partial charge in [-0.1, -0.05) is 29.8 Å². The van der Waals surface area contributed by atoms with Crippen molar-refractivity contribution in [1.29, 1.82) is 0 Å². The zero-order valence-electron chi connectivity index (χ0n) is 14.3. The second-order valence-electron chi connectivity index (χ2n) is 7.31. The van der Waals surface area contributed by atoms with Gasteiger partial charge in [-0.2, -0.15) is 0 Å². The van der Waals surface area contributed by atoms with Crippen LogP contribution in [-0.2, 0) is 4.74 Å². The lowest BCUT2D eigenvalue weighted by Crippen LogP contribution is -2.53. The molecule has 1 amide bonds. The van der Waals surface area contributed by atoms with Gasteiger partial charge in [0.25, 0.3) is 0 Å². The van der Waals surface area contributed by atoms with Crippen LogP contribution in [0.1, 0.15) is 57.7 Å². The van der Waals surface area contributed by atoms with Gasteiger partial charge in [-0.15, -0.1) is 0 Å². The van der Waals surface area contributed by atoms with Crippen LogP contribution in [0.3, 0.4) is 0 Å². The molecule has 1 fully saturated rings. The molecule has 0 heterocycles. The van der Waals surface area contributed by atoms with Crippen LogP contribution in [0.2, 0.25) is 0 Å². The van der Waals surface area contributed by atoms with Gasteiger partial charge in [0.15, 0.2) is 0 Å². The van der Waals surface area contributed by atoms with Crippen LogP contribution < -0.4 is 10.6 Å². The molecule has 0 aromatic heterocycles. The van der Waals surface area contributed by atoms with E-state index in [1.165, 1.54) is 11.1 Å². The first kappa shape index (κ1) is 16.8. The van der Waals surface area contributed by atoms with Crippen molar-refractivity contribution in [2.24, 2.45) is 0 Å². The molecular weight excluding hydrogens is 276 g/mol. The van der Waals surface area contributed by atoms with Crippen molar-refractivity contribution in [2.45, 2.75) is 71.2 Å². The van der Waals surface area contributed by atoms with Gasteiger partial charge in [-0.3, -0.25) is 0 Å². The summed E-state index contributed by atoms with van der Waals surface area (Å²) < 4.78 is 5.27. The Morgan fingerprint density at radius 3 is 2.55 bits per heavy atom. The summed E-state index contributed by atoms with van der Waals surface area (Å²) in [5.41, 5.74) is 2.15. The molecule has 1 aliphatic carbocycles. The number of carbonyl (C=O) groups excluding carboxylic acids is 1. The quantitative estimate of drug-likeness (QED) is 0.891. The normalized spacial score (nSPS) is 22.6. The monoisotopic (exact) mass is 304 g/mol. The minimum Gasteiger partial charge on any atom is -0.444 e. The molecule has 4 heteroatoms. The van der Waals surface area contributed by atoms with Gasteiger partial charge in [-0.05, 0) is 53.0 Å². The topological polar surface area (TPSA) is 50.4 Å². The number of nitrogens with one attached hydrogen (secondary N) is 2. The first-order valence-corrected chi connectivity index (χ1v) is 8.05. The van der Waals surface area contributed by atoms with Crippen molar-refractivity contribution in [3.8, 4) is 0 Å². The largest absolute Gasteiger partial charge is 0.444 e. The highest BCUT2D eigenvalue weighted by molar-refractivity contribution is 5.68. The van der Waals surface area contributed by atoms with Gasteiger partial charge >= 0.3 is 6.09 Å². The van der Waals surface area contributed by atoms with E-state index in [9.17, 15) is 4.79 Å². The van der Waals surface area contributed by atoms with E-state index >= 15 is 0 Å². The molecule has 0 radical (unpaired) electrons. The van der Waals surface area contributed by atoms with Crippen LogP contribution >= 0.6 is 0 Å². The van der Waals surface area contributed by atoms with Crippen molar-refractivity contribution >= 4 is 6.09 Å². The Balaban J connectivity index is 1.72. The standard InChI is InChI=1S/C18H28N2O2/c1-12-7-6-8-14(9-12)13(2)19-15-10-16(11-15)20-17(21)22-18(3,4)5/h6-9,13,15-16,19H,10-11H2,1-5H3,(H,20,21)/t13-,15?,16?/m1/s1. The van der Waals surface area contributed by atoms with Gasteiger partial charge < -0.3 is 15.4 Å². The lowest BCUT2D eigenvalue weighted by molar-refractivity contribution is 0.0463. The fourth-order valence-corrected chi connectivity index (χ4v) is 2.74. The third kappa shape index (κ3) is 5.02. The Morgan fingerprint density at radius 1 is 1.27 bits per heavy atom. The van der Waals surface area contributed by atoms with Gasteiger partial charge in [0.05, 0.1) is 0 Å². The van der Waals surface area contributed by atoms with Gasteiger partial charge in [0.1, 0.15) is 5.60 Å². The van der Waals surface area contributed by atoms with Crippen molar-refractivity contribution in [3.05, 3.63) is 35.4 Å². The van der Waals surface area contributed by atoms with E-state index in [0.717, 1.165) is 12.8 Å². The maximum atomic E-state index is 11.7. The van der Waals surface area contributed by atoms with E-state index in [1.54, 1.807) is 0 Å². The zero-order valence-corrected chi connectivity index (χ0v) is 14.3. The third-order valence-corrected chi connectivity index (χ3v) is 3.89. The molecule has 122 valence electrons. The minimum atomic E-state index is -0.439. The van der Waals surface area contributed by atoms with Crippen LogP contribution in [0.15, 0.2) is 24.3 Å². The summed E-state index contributed by atoms with van der Waals surface area (Å²) in [4.78, 5) is 11.7.